The summed E-state index contributed by atoms with van der Waals surface area (Å²) < 4.78 is 25.5. The number of hydrogen-bond donors (Lipinski definition) is 2. The molecule has 6 heteroatoms. The van der Waals surface area contributed by atoms with E-state index in [9.17, 15) is 13.6 Å². The molecule has 1 fully saturated rings. The van der Waals surface area contributed by atoms with Crippen molar-refractivity contribution in [3.8, 4) is 0 Å². The van der Waals surface area contributed by atoms with Crippen LogP contribution in [0.15, 0.2) is 0 Å². The topological polar surface area (TPSA) is 55.1 Å². The molecule has 3 N–H and O–H groups in total. The highest BCUT2D eigenvalue weighted by molar-refractivity contribution is 8.00. The van der Waals surface area contributed by atoms with E-state index in [1.54, 1.807) is 11.8 Å². The molecule has 1 heterocycles. The quantitative estimate of drug-likeness (QED) is 0.737. The summed E-state index contributed by atoms with van der Waals surface area (Å²) in [6.07, 6.45) is 0.747. The van der Waals surface area contributed by atoms with Gasteiger partial charge in [-0.3, -0.25) is 4.79 Å². The first-order chi connectivity index (χ1) is 6.45. The van der Waals surface area contributed by atoms with E-state index in [4.69, 9.17) is 5.73 Å². The van der Waals surface area contributed by atoms with Crippen molar-refractivity contribution in [2.45, 2.75) is 30.6 Å². The van der Waals surface area contributed by atoms with Crippen molar-refractivity contribution in [2.75, 3.05) is 12.3 Å². The number of carbonyl (C=O) groups excluding carboxylic acids is 1. The largest absolute Gasteiger partial charge is 0.347 e. The van der Waals surface area contributed by atoms with Crippen molar-refractivity contribution in [3.63, 3.8) is 0 Å². The standard InChI is InChI=1S/C8H14F2N2OS/c1-5-2-6(3-14-5)12-7(13)8(9,10)4-11/h5-6H,2-4,11H2,1H3,(H,12,13). The summed E-state index contributed by atoms with van der Waals surface area (Å²) >= 11 is 1.67. The number of rotatable bonds is 3. The van der Waals surface area contributed by atoms with Crippen molar-refractivity contribution in [1.82, 2.24) is 5.32 Å². The normalized spacial score (nSPS) is 27.7. The molecule has 0 bridgehead atoms. The molecule has 0 aliphatic carbocycles. The Morgan fingerprint density at radius 2 is 2.36 bits per heavy atom. The zero-order valence-electron chi connectivity index (χ0n) is 7.93. The highest BCUT2D eigenvalue weighted by atomic mass is 32.2. The van der Waals surface area contributed by atoms with Crippen LogP contribution >= 0.6 is 11.8 Å². The van der Waals surface area contributed by atoms with Gasteiger partial charge >= 0.3 is 5.92 Å². The third-order valence-corrected chi connectivity index (χ3v) is 3.48. The van der Waals surface area contributed by atoms with Crippen LogP contribution in [-0.4, -0.2) is 35.4 Å². The molecule has 0 aromatic carbocycles. The van der Waals surface area contributed by atoms with E-state index >= 15 is 0 Å². The molecular weight excluding hydrogens is 210 g/mol. The van der Waals surface area contributed by atoms with Crippen LogP contribution in [-0.2, 0) is 4.79 Å². The van der Waals surface area contributed by atoms with Gasteiger partial charge in [0.25, 0.3) is 5.91 Å². The molecule has 14 heavy (non-hydrogen) atoms. The maximum absolute atomic E-state index is 12.8. The molecule has 1 amide bonds. The van der Waals surface area contributed by atoms with E-state index in [0.717, 1.165) is 6.42 Å². The Bertz CT molecular complexity index is 225. The fraction of sp³-hybridized carbons (Fsp3) is 0.875. The van der Waals surface area contributed by atoms with Gasteiger partial charge in [0.1, 0.15) is 0 Å². The summed E-state index contributed by atoms with van der Waals surface area (Å²) in [4.78, 5) is 11.0. The van der Waals surface area contributed by atoms with Gasteiger partial charge in [-0.25, -0.2) is 0 Å². The van der Waals surface area contributed by atoms with E-state index in [2.05, 4.69) is 5.32 Å². The van der Waals surface area contributed by atoms with Gasteiger partial charge in [-0.15, -0.1) is 0 Å². The van der Waals surface area contributed by atoms with Gasteiger partial charge in [-0.2, -0.15) is 20.5 Å². The predicted octanol–water partition coefficient (Wildman–Crippen LogP) is 0.591. The average molecular weight is 224 g/mol. The van der Waals surface area contributed by atoms with Crippen LogP contribution in [0.5, 0.6) is 0 Å². The fourth-order valence-corrected chi connectivity index (χ4v) is 2.45. The molecule has 3 nitrogen and oxygen atoms in total. The number of halogens is 2. The second-order valence-electron chi connectivity index (χ2n) is 3.46. The molecule has 0 aromatic heterocycles. The predicted molar refractivity (Wildman–Crippen MR) is 52.5 cm³/mol. The molecule has 0 spiro atoms. The number of carbonyl (C=O) groups is 1. The van der Waals surface area contributed by atoms with Gasteiger partial charge < -0.3 is 11.1 Å². The third-order valence-electron chi connectivity index (χ3n) is 2.12. The average Bonchev–Trinajstić information content (AvgIpc) is 2.51. The van der Waals surface area contributed by atoms with E-state index < -0.39 is 18.4 Å². The highest BCUT2D eigenvalue weighted by Gasteiger charge is 2.38. The molecular formula is C8H14F2N2OS. The number of hydrogen-bond acceptors (Lipinski definition) is 3. The summed E-state index contributed by atoms with van der Waals surface area (Å²) in [7, 11) is 0. The second kappa shape index (κ2) is 4.44. The van der Waals surface area contributed by atoms with Crippen LogP contribution in [0.2, 0.25) is 0 Å². The Morgan fingerprint density at radius 1 is 1.71 bits per heavy atom. The number of thioether (sulfide) groups is 1. The van der Waals surface area contributed by atoms with Crippen LogP contribution in [0.25, 0.3) is 0 Å². The van der Waals surface area contributed by atoms with E-state index in [0.29, 0.717) is 11.0 Å². The lowest BCUT2D eigenvalue weighted by atomic mass is 10.2. The summed E-state index contributed by atoms with van der Waals surface area (Å²) in [5, 5.41) is 2.73. The summed E-state index contributed by atoms with van der Waals surface area (Å²) in [5.41, 5.74) is 4.79. The molecule has 0 aromatic rings. The van der Waals surface area contributed by atoms with Crippen molar-refractivity contribution in [2.24, 2.45) is 5.73 Å². The second-order valence-corrected chi connectivity index (χ2v) is 4.93. The van der Waals surface area contributed by atoms with E-state index in [1.165, 1.54) is 0 Å². The third kappa shape index (κ3) is 2.81. The smallest absolute Gasteiger partial charge is 0.336 e. The zero-order valence-corrected chi connectivity index (χ0v) is 8.74. The van der Waals surface area contributed by atoms with Crippen LogP contribution in [0.3, 0.4) is 0 Å². The maximum Gasteiger partial charge on any atom is 0.336 e. The molecule has 0 saturated carbocycles. The summed E-state index contributed by atoms with van der Waals surface area (Å²) in [6.45, 7) is 1.08. The maximum atomic E-state index is 12.8. The number of nitrogens with two attached hydrogens (primary N) is 1. The molecule has 1 saturated heterocycles. The number of nitrogens with one attached hydrogen (secondary N) is 1. The summed E-state index contributed by atoms with van der Waals surface area (Å²) in [5.74, 6) is -3.98. The van der Waals surface area contributed by atoms with E-state index in [1.807, 2.05) is 6.92 Å². The first-order valence-corrected chi connectivity index (χ1v) is 5.51. The minimum atomic E-state index is -3.43. The fourth-order valence-electron chi connectivity index (χ4n) is 1.30. The van der Waals surface area contributed by atoms with Gasteiger partial charge in [0.05, 0.1) is 6.54 Å². The zero-order chi connectivity index (χ0) is 10.8. The number of amides is 1. The molecule has 2 unspecified atom stereocenters. The van der Waals surface area contributed by atoms with Crippen LogP contribution in [0, 0.1) is 0 Å². The molecule has 1 aliphatic heterocycles. The van der Waals surface area contributed by atoms with Gasteiger partial charge in [-0.05, 0) is 6.42 Å². The van der Waals surface area contributed by atoms with Gasteiger partial charge in [0, 0.05) is 17.0 Å². The minimum Gasteiger partial charge on any atom is -0.347 e. The SMILES string of the molecule is CC1CC(NC(=O)C(F)(F)CN)CS1. The Balaban J connectivity index is 2.41. The van der Waals surface area contributed by atoms with Crippen molar-refractivity contribution >= 4 is 17.7 Å². The van der Waals surface area contributed by atoms with Crippen molar-refractivity contribution in [1.29, 1.82) is 0 Å². The minimum absolute atomic E-state index is 0.139. The lowest BCUT2D eigenvalue weighted by Crippen LogP contribution is -2.49. The Hall–Kier alpha value is -0.360. The Labute approximate surface area is 85.8 Å². The molecule has 0 radical (unpaired) electrons. The lowest BCUT2D eigenvalue weighted by molar-refractivity contribution is -0.144. The first-order valence-electron chi connectivity index (χ1n) is 4.46. The Kier molecular flexibility index (Phi) is 3.71. The first kappa shape index (κ1) is 11.7. The molecule has 2 atom stereocenters. The summed E-state index contributed by atoms with van der Waals surface area (Å²) in [6, 6.07) is -0.139. The molecule has 1 aliphatic rings. The molecule has 1 rings (SSSR count). The van der Waals surface area contributed by atoms with Gasteiger partial charge in [0.2, 0.25) is 0 Å². The van der Waals surface area contributed by atoms with Crippen LogP contribution in [0.1, 0.15) is 13.3 Å². The van der Waals surface area contributed by atoms with Gasteiger partial charge in [0.15, 0.2) is 0 Å². The van der Waals surface area contributed by atoms with Crippen molar-refractivity contribution < 1.29 is 13.6 Å². The van der Waals surface area contributed by atoms with Gasteiger partial charge in [-0.1, -0.05) is 6.92 Å². The Morgan fingerprint density at radius 3 is 2.79 bits per heavy atom. The van der Waals surface area contributed by atoms with Crippen LogP contribution < -0.4 is 11.1 Å². The molecule has 82 valence electrons. The lowest BCUT2D eigenvalue weighted by Gasteiger charge is -2.17. The van der Waals surface area contributed by atoms with Crippen molar-refractivity contribution in [3.05, 3.63) is 0 Å². The monoisotopic (exact) mass is 224 g/mol. The highest BCUT2D eigenvalue weighted by Crippen LogP contribution is 2.26. The number of alkyl halides is 2. The van der Waals surface area contributed by atoms with Crippen LogP contribution in [0.4, 0.5) is 8.78 Å². The van der Waals surface area contributed by atoms with E-state index in [-0.39, 0.29) is 6.04 Å².